The maximum atomic E-state index is 13.6. The first-order chi connectivity index (χ1) is 14.9. The summed E-state index contributed by atoms with van der Waals surface area (Å²) in [5, 5.41) is 4.75. The lowest BCUT2D eigenvalue weighted by Crippen LogP contribution is -2.46. The highest BCUT2D eigenvalue weighted by molar-refractivity contribution is 6.30. The van der Waals surface area contributed by atoms with Crippen molar-refractivity contribution in [1.29, 1.82) is 0 Å². The summed E-state index contributed by atoms with van der Waals surface area (Å²) < 4.78 is 15.2. The molecule has 0 radical (unpaired) electrons. The summed E-state index contributed by atoms with van der Waals surface area (Å²) in [6.45, 7) is 6.10. The Morgan fingerprint density at radius 3 is 2.41 bits per heavy atom. The van der Waals surface area contributed by atoms with Crippen molar-refractivity contribution in [2.24, 2.45) is 0 Å². The van der Waals surface area contributed by atoms with Crippen LogP contribution in [0.5, 0.6) is 0 Å². The van der Waals surface area contributed by atoms with E-state index in [9.17, 15) is 4.39 Å². The number of rotatable bonds is 5. The molecule has 0 bridgehead atoms. The number of aromatic nitrogens is 5. The van der Waals surface area contributed by atoms with E-state index in [0.29, 0.717) is 5.02 Å². The molecule has 12 heteroatoms. The molecule has 0 saturated carbocycles. The number of halogens is 3. The van der Waals surface area contributed by atoms with Crippen LogP contribution >= 0.6 is 24.0 Å². The van der Waals surface area contributed by atoms with E-state index in [2.05, 4.69) is 35.9 Å². The second-order valence-corrected chi connectivity index (χ2v) is 7.70. The molecule has 0 spiro atoms. The van der Waals surface area contributed by atoms with Gasteiger partial charge in [0, 0.05) is 49.0 Å². The van der Waals surface area contributed by atoms with Crippen molar-refractivity contribution in [2.45, 2.75) is 6.92 Å². The summed E-state index contributed by atoms with van der Waals surface area (Å²) in [5.41, 5.74) is 13.9. The van der Waals surface area contributed by atoms with Crippen LogP contribution in [0.4, 0.5) is 22.0 Å². The smallest absolute Gasteiger partial charge is 0.257 e. The molecule has 1 fully saturated rings. The number of benzene rings is 1. The quantitative estimate of drug-likeness (QED) is 0.573. The molecular formula is C20H24Cl2FN9. The molecule has 32 heavy (non-hydrogen) atoms. The highest BCUT2D eigenvalue weighted by Gasteiger charge is 2.17. The first kappa shape index (κ1) is 23.7. The molecule has 2 aromatic heterocycles. The van der Waals surface area contributed by atoms with Crippen LogP contribution in [-0.4, -0.2) is 62.4 Å². The average Bonchev–Trinajstić information content (AvgIpc) is 3.07. The van der Waals surface area contributed by atoms with Crippen molar-refractivity contribution in [3.63, 3.8) is 0 Å². The Morgan fingerprint density at radius 1 is 1.06 bits per heavy atom. The van der Waals surface area contributed by atoms with Crippen molar-refractivity contribution < 1.29 is 4.39 Å². The van der Waals surface area contributed by atoms with Crippen molar-refractivity contribution in [1.82, 2.24) is 29.6 Å². The number of piperazine rings is 1. The minimum absolute atomic E-state index is 0. The minimum Gasteiger partial charge on any atom is -0.369 e. The predicted octanol–water partition coefficient (Wildman–Crippen LogP) is 2.58. The van der Waals surface area contributed by atoms with E-state index >= 15 is 0 Å². The SMILES string of the molecule is Cc1c(C=CCN2CCN(c3cc(F)cc(Cl)c3)CC2)cnn1-c1nc(N)nc(N)n1.Cl. The van der Waals surface area contributed by atoms with E-state index < -0.39 is 0 Å². The number of nitrogens with two attached hydrogens (primary N) is 2. The Hall–Kier alpha value is -2.95. The fraction of sp³-hybridized carbons (Fsp3) is 0.300. The van der Waals surface area contributed by atoms with Gasteiger partial charge in [-0.05, 0) is 25.1 Å². The van der Waals surface area contributed by atoms with Gasteiger partial charge in [-0.25, -0.2) is 9.07 Å². The molecule has 3 heterocycles. The molecule has 0 atom stereocenters. The lowest BCUT2D eigenvalue weighted by molar-refractivity contribution is 0.284. The molecule has 3 aromatic rings. The molecule has 4 rings (SSSR count). The number of hydrogen-bond acceptors (Lipinski definition) is 8. The van der Waals surface area contributed by atoms with E-state index in [-0.39, 0.29) is 36.1 Å². The molecule has 0 unspecified atom stereocenters. The summed E-state index contributed by atoms with van der Waals surface area (Å²) in [4.78, 5) is 16.4. The van der Waals surface area contributed by atoms with Gasteiger partial charge in [-0.1, -0.05) is 23.8 Å². The van der Waals surface area contributed by atoms with Gasteiger partial charge in [0.1, 0.15) is 5.82 Å². The second kappa shape index (κ2) is 10.1. The van der Waals surface area contributed by atoms with E-state index in [0.717, 1.165) is 49.7 Å². The zero-order valence-corrected chi connectivity index (χ0v) is 19.0. The third-order valence-electron chi connectivity index (χ3n) is 5.14. The fourth-order valence-electron chi connectivity index (χ4n) is 3.52. The predicted molar refractivity (Wildman–Crippen MR) is 127 cm³/mol. The van der Waals surface area contributed by atoms with Crippen LogP contribution in [-0.2, 0) is 0 Å². The van der Waals surface area contributed by atoms with Gasteiger partial charge in [0.2, 0.25) is 11.9 Å². The van der Waals surface area contributed by atoms with Gasteiger partial charge in [-0.15, -0.1) is 12.4 Å². The second-order valence-electron chi connectivity index (χ2n) is 7.27. The van der Waals surface area contributed by atoms with Gasteiger partial charge in [0.05, 0.1) is 11.9 Å². The zero-order chi connectivity index (χ0) is 22.0. The molecule has 0 aliphatic carbocycles. The maximum absolute atomic E-state index is 13.6. The standard InChI is InChI=1S/C20H23ClFN9.ClH/c1-13-14(12-25-31(13)20-27-18(23)26-19(24)28-20)3-2-4-29-5-7-30(8-6-29)17-10-15(21)9-16(22)11-17;/h2-3,9-12H,4-8H2,1H3,(H4,23,24,26,27,28);1H. The third-order valence-corrected chi connectivity index (χ3v) is 5.36. The molecule has 9 nitrogen and oxygen atoms in total. The maximum Gasteiger partial charge on any atom is 0.257 e. The van der Waals surface area contributed by atoms with Crippen molar-refractivity contribution in [3.05, 3.63) is 52.6 Å². The third kappa shape index (κ3) is 5.45. The van der Waals surface area contributed by atoms with E-state index in [1.54, 1.807) is 16.9 Å². The summed E-state index contributed by atoms with van der Waals surface area (Å²) in [7, 11) is 0. The van der Waals surface area contributed by atoms with Gasteiger partial charge >= 0.3 is 0 Å². The minimum atomic E-state index is -0.314. The highest BCUT2D eigenvalue weighted by Crippen LogP contribution is 2.23. The molecular weight excluding hydrogens is 456 g/mol. The number of anilines is 3. The van der Waals surface area contributed by atoms with Crippen molar-refractivity contribution >= 4 is 47.7 Å². The summed E-state index contributed by atoms with van der Waals surface area (Å²) in [5.74, 6) is 0.0744. The van der Waals surface area contributed by atoms with Gasteiger partial charge in [0.25, 0.3) is 5.95 Å². The molecule has 1 aliphatic heterocycles. The molecule has 1 aromatic carbocycles. The zero-order valence-electron chi connectivity index (χ0n) is 17.4. The Morgan fingerprint density at radius 2 is 1.75 bits per heavy atom. The summed E-state index contributed by atoms with van der Waals surface area (Å²) in [6.07, 6.45) is 5.86. The van der Waals surface area contributed by atoms with Crippen molar-refractivity contribution in [3.8, 4) is 5.95 Å². The molecule has 4 N–H and O–H groups in total. The lowest BCUT2D eigenvalue weighted by Gasteiger charge is -2.35. The Bertz CT molecular complexity index is 1070. The van der Waals surface area contributed by atoms with Crippen LogP contribution in [0, 0.1) is 12.7 Å². The van der Waals surface area contributed by atoms with E-state index in [1.807, 2.05) is 13.0 Å². The highest BCUT2D eigenvalue weighted by atomic mass is 35.5. The number of nitrogen functional groups attached to an aromatic ring is 2. The van der Waals surface area contributed by atoms with Crippen LogP contribution in [0.2, 0.25) is 5.02 Å². The van der Waals surface area contributed by atoms with Crippen molar-refractivity contribution in [2.75, 3.05) is 49.1 Å². The van der Waals surface area contributed by atoms with Crippen LogP contribution in [0.3, 0.4) is 0 Å². The topological polar surface area (TPSA) is 115 Å². The van der Waals surface area contributed by atoms with Gasteiger partial charge in [-0.3, -0.25) is 4.90 Å². The number of nitrogens with zero attached hydrogens (tertiary/aromatic N) is 7. The Balaban J connectivity index is 0.00000289. The Kier molecular flexibility index (Phi) is 7.49. The monoisotopic (exact) mass is 479 g/mol. The molecule has 1 aliphatic rings. The fourth-order valence-corrected chi connectivity index (χ4v) is 3.73. The molecule has 1 saturated heterocycles. The van der Waals surface area contributed by atoms with Crippen LogP contribution < -0.4 is 16.4 Å². The van der Waals surface area contributed by atoms with Gasteiger partial charge in [0.15, 0.2) is 0 Å². The molecule has 0 amide bonds. The van der Waals surface area contributed by atoms with E-state index in [4.69, 9.17) is 23.1 Å². The first-order valence-electron chi connectivity index (χ1n) is 9.81. The van der Waals surface area contributed by atoms with E-state index in [1.165, 1.54) is 12.1 Å². The van der Waals surface area contributed by atoms with Gasteiger partial charge < -0.3 is 16.4 Å². The summed E-state index contributed by atoms with van der Waals surface area (Å²) in [6, 6.07) is 4.64. The van der Waals surface area contributed by atoms with Crippen LogP contribution in [0.15, 0.2) is 30.5 Å². The lowest BCUT2D eigenvalue weighted by atomic mass is 10.2. The average molecular weight is 480 g/mol. The Labute approximate surface area is 196 Å². The van der Waals surface area contributed by atoms with Crippen LogP contribution in [0.1, 0.15) is 11.3 Å². The normalized spacial score (nSPS) is 14.7. The molecule has 170 valence electrons. The van der Waals surface area contributed by atoms with Crippen LogP contribution in [0.25, 0.3) is 12.0 Å². The number of hydrogen-bond donors (Lipinski definition) is 2. The first-order valence-corrected chi connectivity index (χ1v) is 10.2. The largest absolute Gasteiger partial charge is 0.369 e. The summed E-state index contributed by atoms with van der Waals surface area (Å²) >= 11 is 5.98. The van der Waals surface area contributed by atoms with Gasteiger partial charge in [-0.2, -0.15) is 20.1 Å².